The molecule has 0 radical (unpaired) electrons. The smallest absolute Gasteiger partial charge is 0.0931 e. The first-order valence-electron chi connectivity index (χ1n) is 4.10. The molecular formula is C9H14ClNS. The summed E-state index contributed by atoms with van der Waals surface area (Å²) in [5.41, 5.74) is 5.59. The SMILES string of the molecule is CC(CN)C(C)c1ccc(Cl)s1. The van der Waals surface area contributed by atoms with Gasteiger partial charge in [-0.2, -0.15) is 0 Å². The number of thiophene rings is 1. The van der Waals surface area contributed by atoms with Gasteiger partial charge in [0.2, 0.25) is 0 Å². The second kappa shape index (κ2) is 4.26. The molecule has 2 atom stereocenters. The molecule has 0 aliphatic carbocycles. The summed E-state index contributed by atoms with van der Waals surface area (Å²) in [7, 11) is 0. The summed E-state index contributed by atoms with van der Waals surface area (Å²) in [5, 5.41) is 0. The van der Waals surface area contributed by atoms with Crippen LogP contribution in [0.25, 0.3) is 0 Å². The molecule has 1 heterocycles. The van der Waals surface area contributed by atoms with Crippen LogP contribution in [0.5, 0.6) is 0 Å². The van der Waals surface area contributed by atoms with Crippen molar-refractivity contribution in [3.05, 3.63) is 21.3 Å². The third-order valence-corrected chi connectivity index (χ3v) is 3.70. The van der Waals surface area contributed by atoms with Gasteiger partial charge in [0.05, 0.1) is 4.34 Å². The average Bonchev–Trinajstić information content (AvgIpc) is 2.49. The molecule has 0 spiro atoms. The quantitative estimate of drug-likeness (QED) is 0.803. The van der Waals surface area contributed by atoms with E-state index in [1.54, 1.807) is 11.3 Å². The standard InChI is InChI=1S/C9H14ClNS/c1-6(5-11)7(2)8-3-4-9(10)12-8/h3-4,6-7H,5,11H2,1-2H3. The molecule has 0 fully saturated rings. The van der Waals surface area contributed by atoms with Crippen LogP contribution in [0, 0.1) is 5.92 Å². The van der Waals surface area contributed by atoms with Gasteiger partial charge in [-0.1, -0.05) is 25.4 Å². The van der Waals surface area contributed by atoms with Crippen molar-refractivity contribution >= 4 is 22.9 Å². The highest BCUT2D eigenvalue weighted by molar-refractivity contribution is 7.16. The zero-order chi connectivity index (χ0) is 9.14. The summed E-state index contributed by atoms with van der Waals surface area (Å²) < 4.78 is 0.862. The number of nitrogens with two attached hydrogens (primary N) is 1. The molecule has 0 aliphatic rings. The Hall–Kier alpha value is -0.0500. The summed E-state index contributed by atoms with van der Waals surface area (Å²) in [6, 6.07) is 4.03. The first kappa shape index (κ1) is 10.0. The minimum absolute atomic E-state index is 0.521. The third kappa shape index (κ3) is 2.22. The average molecular weight is 204 g/mol. The maximum Gasteiger partial charge on any atom is 0.0931 e. The van der Waals surface area contributed by atoms with Crippen LogP contribution in [0.4, 0.5) is 0 Å². The molecule has 0 amide bonds. The fourth-order valence-electron chi connectivity index (χ4n) is 1.06. The van der Waals surface area contributed by atoms with E-state index in [4.69, 9.17) is 17.3 Å². The van der Waals surface area contributed by atoms with Crippen molar-refractivity contribution in [2.24, 2.45) is 11.7 Å². The molecule has 0 bridgehead atoms. The Bertz CT molecular complexity index is 246. The van der Waals surface area contributed by atoms with Crippen molar-refractivity contribution in [2.75, 3.05) is 6.54 Å². The van der Waals surface area contributed by atoms with Crippen LogP contribution in [-0.2, 0) is 0 Å². The van der Waals surface area contributed by atoms with E-state index in [9.17, 15) is 0 Å². The summed E-state index contributed by atoms with van der Waals surface area (Å²) in [6.45, 7) is 5.09. The number of rotatable bonds is 3. The van der Waals surface area contributed by atoms with E-state index >= 15 is 0 Å². The van der Waals surface area contributed by atoms with Gasteiger partial charge in [-0.15, -0.1) is 11.3 Å². The van der Waals surface area contributed by atoms with Gasteiger partial charge in [-0.25, -0.2) is 0 Å². The maximum atomic E-state index is 5.84. The molecule has 1 aromatic rings. The summed E-state index contributed by atoms with van der Waals surface area (Å²) in [4.78, 5) is 1.33. The molecular weight excluding hydrogens is 190 g/mol. The van der Waals surface area contributed by atoms with E-state index in [1.807, 2.05) is 6.07 Å². The van der Waals surface area contributed by atoms with Gasteiger partial charge in [-0.3, -0.25) is 0 Å². The first-order chi connectivity index (χ1) is 5.65. The Morgan fingerprint density at radius 1 is 1.50 bits per heavy atom. The van der Waals surface area contributed by atoms with Gasteiger partial charge in [0.1, 0.15) is 0 Å². The van der Waals surface area contributed by atoms with Crippen LogP contribution in [0.3, 0.4) is 0 Å². The van der Waals surface area contributed by atoms with E-state index in [1.165, 1.54) is 4.88 Å². The van der Waals surface area contributed by atoms with Crippen molar-refractivity contribution in [3.63, 3.8) is 0 Å². The van der Waals surface area contributed by atoms with Crippen molar-refractivity contribution in [2.45, 2.75) is 19.8 Å². The van der Waals surface area contributed by atoms with Gasteiger partial charge >= 0.3 is 0 Å². The van der Waals surface area contributed by atoms with E-state index in [0.29, 0.717) is 11.8 Å². The molecule has 1 nitrogen and oxygen atoms in total. The Balaban J connectivity index is 2.70. The second-order valence-corrected chi connectivity index (χ2v) is 4.89. The highest BCUT2D eigenvalue weighted by Crippen LogP contribution is 2.31. The molecule has 12 heavy (non-hydrogen) atoms. The lowest BCUT2D eigenvalue weighted by atomic mass is 9.95. The zero-order valence-electron chi connectivity index (χ0n) is 7.38. The summed E-state index contributed by atoms with van der Waals surface area (Å²) in [5.74, 6) is 1.05. The van der Waals surface area contributed by atoms with E-state index in [2.05, 4.69) is 19.9 Å². The fourth-order valence-corrected chi connectivity index (χ4v) is 2.30. The van der Waals surface area contributed by atoms with Gasteiger partial charge in [-0.05, 0) is 30.5 Å². The van der Waals surface area contributed by atoms with Gasteiger partial charge in [0, 0.05) is 4.88 Å². The number of halogens is 1. The maximum absolute atomic E-state index is 5.84. The van der Waals surface area contributed by atoms with Crippen LogP contribution in [0.1, 0.15) is 24.6 Å². The van der Waals surface area contributed by atoms with E-state index in [-0.39, 0.29) is 0 Å². The lowest BCUT2D eigenvalue weighted by molar-refractivity contribution is 0.505. The molecule has 1 aromatic heterocycles. The highest BCUT2D eigenvalue weighted by atomic mass is 35.5. The van der Waals surface area contributed by atoms with E-state index < -0.39 is 0 Å². The van der Waals surface area contributed by atoms with Crippen LogP contribution in [0.15, 0.2) is 12.1 Å². The Morgan fingerprint density at radius 2 is 2.17 bits per heavy atom. The van der Waals surface area contributed by atoms with Crippen LogP contribution in [-0.4, -0.2) is 6.54 Å². The molecule has 3 heteroatoms. The molecule has 68 valence electrons. The van der Waals surface area contributed by atoms with Crippen molar-refractivity contribution < 1.29 is 0 Å². The molecule has 0 saturated heterocycles. The lowest BCUT2D eigenvalue weighted by Gasteiger charge is -2.15. The highest BCUT2D eigenvalue weighted by Gasteiger charge is 2.14. The molecule has 0 aromatic carbocycles. The van der Waals surface area contributed by atoms with Crippen LogP contribution < -0.4 is 5.73 Å². The second-order valence-electron chi connectivity index (χ2n) is 3.14. The van der Waals surface area contributed by atoms with Crippen molar-refractivity contribution in [1.29, 1.82) is 0 Å². The van der Waals surface area contributed by atoms with Crippen molar-refractivity contribution in [3.8, 4) is 0 Å². The Labute approximate surface area is 82.5 Å². The molecule has 1 rings (SSSR count). The minimum atomic E-state index is 0.521. The van der Waals surface area contributed by atoms with Gasteiger partial charge < -0.3 is 5.73 Å². The molecule has 0 aliphatic heterocycles. The molecule has 2 N–H and O–H groups in total. The summed E-state index contributed by atoms with van der Waals surface area (Å²) >= 11 is 7.49. The largest absolute Gasteiger partial charge is 0.330 e. The lowest BCUT2D eigenvalue weighted by Crippen LogP contribution is -2.16. The Kier molecular flexibility index (Phi) is 3.56. The van der Waals surface area contributed by atoms with Gasteiger partial charge in [0.15, 0.2) is 0 Å². The zero-order valence-corrected chi connectivity index (χ0v) is 8.95. The summed E-state index contributed by atoms with van der Waals surface area (Å²) in [6.07, 6.45) is 0. The first-order valence-corrected chi connectivity index (χ1v) is 5.30. The number of hydrogen-bond donors (Lipinski definition) is 1. The van der Waals surface area contributed by atoms with Gasteiger partial charge in [0.25, 0.3) is 0 Å². The third-order valence-electron chi connectivity index (χ3n) is 2.27. The monoisotopic (exact) mass is 203 g/mol. The van der Waals surface area contributed by atoms with Crippen LogP contribution >= 0.6 is 22.9 Å². The van der Waals surface area contributed by atoms with Crippen molar-refractivity contribution in [1.82, 2.24) is 0 Å². The van der Waals surface area contributed by atoms with Crippen LogP contribution in [0.2, 0.25) is 4.34 Å². The van der Waals surface area contributed by atoms with E-state index in [0.717, 1.165) is 10.9 Å². The predicted molar refractivity (Wildman–Crippen MR) is 56.0 cm³/mol. The minimum Gasteiger partial charge on any atom is -0.330 e. The number of hydrogen-bond acceptors (Lipinski definition) is 2. The topological polar surface area (TPSA) is 26.0 Å². The predicted octanol–water partition coefficient (Wildman–Crippen LogP) is 3.10. The fraction of sp³-hybridized carbons (Fsp3) is 0.556. The normalized spacial score (nSPS) is 16.0. The molecule has 2 unspecified atom stereocenters. The Morgan fingerprint density at radius 3 is 2.58 bits per heavy atom. The molecule has 0 saturated carbocycles.